The number of rotatable bonds is 4. The van der Waals surface area contributed by atoms with Crippen LogP contribution in [0.15, 0.2) is 12.1 Å². The number of hydrogen-bond acceptors (Lipinski definition) is 5. The molecule has 0 aromatic carbocycles. The SMILES string of the molecule is COCC(N)C(=O)N1CCN(C(=O)c2ccc(C)s2)CC1.Cl. The van der Waals surface area contributed by atoms with E-state index in [2.05, 4.69) is 0 Å². The Kier molecular flexibility index (Phi) is 7.28. The number of methoxy groups -OCH3 is 1. The van der Waals surface area contributed by atoms with Crippen molar-refractivity contribution >= 4 is 35.6 Å². The van der Waals surface area contributed by atoms with E-state index in [4.69, 9.17) is 10.5 Å². The summed E-state index contributed by atoms with van der Waals surface area (Å²) in [5.41, 5.74) is 5.75. The van der Waals surface area contributed by atoms with Gasteiger partial charge in [0.2, 0.25) is 5.91 Å². The van der Waals surface area contributed by atoms with Gasteiger partial charge in [-0.25, -0.2) is 0 Å². The summed E-state index contributed by atoms with van der Waals surface area (Å²) in [7, 11) is 1.52. The number of carbonyl (C=O) groups excluding carboxylic acids is 2. The molecule has 1 aromatic rings. The second-order valence-electron chi connectivity index (χ2n) is 5.09. The van der Waals surface area contributed by atoms with Gasteiger partial charge in [-0.15, -0.1) is 23.7 Å². The number of nitrogens with two attached hydrogens (primary N) is 1. The molecule has 1 aliphatic rings. The number of piperazine rings is 1. The maximum absolute atomic E-state index is 12.3. The van der Waals surface area contributed by atoms with E-state index in [-0.39, 0.29) is 30.8 Å². The Hall–Kier alpha value is -1.15. The van der Waals surface area contributed by atoms with E-state index in [0.29, 0.717) is 26.2 Å². The Morgan fingerprint density at radius 3 is 2.36 bits per heavy atom. The van der Waals surface area contributed by atoms with Crippen molar-refractivity contribution in [3.05, 3.63) is 21.9 Å². The molecule has 1 aliphatic heterocycles. The van der Waals surface area contributed by atoms with Crippen molar-refractivity contribution in [2.75, 3.05) is 39.9 Å². The van der Waals surface area contributed by atoms with Crippen LogP contribution < -0.4 is 5.73 Å². The topological polar surface area (TPSA) is 75.9 Å². The van der Waals surface area contributed by atoms with Crippen molar-refractivity contribution in [2.24, 2.45) is 5.73 Å². The Morgan fingerprint density at radius 1 is 1.27 bits per heavy atom. The molecule has 2 rings (SSSR count). The van der Waals surface area contributed by atoms with Crippen LogP contribution in [-0.2, 0) is 9.53 Å². The van der Waals surface area contributed by atoms with Crippen molar-refractivity contribution in [2.45, 2.75) is 13.0 Å². The Morgan fingerprint density at radius 2 is 1.86 bits per heavy atom. The number of halogens is 1. The summed E-state index contributed by atoms with van der Waals surface area (Å²) in [5, 5.41) is 0. The number of amides is 2. The number of thiophene rings is 1. The predicted molar refractivity (Wildman–Crippen MR) is 88.6 cm³/mol. The normalized spacial score (nSPS) is 16.1. The van der Waals surface area contributed by atoms with Crippen molar-refractivity contribution in [3.63, 3.8) is 0 Å². The zero-order valence-electron chi connectivity index (χ0n) is 12.8. The smallest absolute Gasteiger partial charge is 0.264 e. The van der Waals surface area contributed by atoms with Crippen LogP contribution in [0.2, 0.25) is 0 Å². The summed E-state index contributed by atoms with van der Waals surface area (Å²) in [6, 6.07) is 3.17. The van der Waals surface area contributed by atoms with Gasteiger partial charge >= 0.3 is 0 Å². The van der Waals surface area contributed by atoms with E-state index < -0.39 is 6.04 Å². The monoisotopic (exact) mass is 347 g/mol. The van der Waals surface area contributed by atoms with Crippen LogP contribution in [0.1, 0.15) is 14.5 Å². The Labute approximate surface area is 140 Å². The molecule has 2 amide bonds. The molecule has 0 bridgehead atoms. The molecular weight excluding hydrogens is 326 g/mol. The number of hydrogen-bond donors (Lipinski definition) is 1. The summed E-state index contributed by atoms with van der Waals surface area (Å²) in [6.45, 7) is 4.32. The van der Waals surface area contributed by atoms with Crippen LogP contribution in [0.4, 0.5) is 0 Å². The lowest BCUT2D eigenvalue weighted by molar-refractivity contribution is -0.135. The second kappa shape index (κ2) is 8.47. The van der Waals surface area contributed by atoms with Gasteiger partial charge in [0.05, 0.1) is 11.5 Å². The van der Waals surface area contributed by atoms with Crippen LogP contribution >= 0.6 is 23.7 Å². The molecule has 0 spiro atoms. The molecule has 8 heteroatoms. The van der Waals surface area contributed by atoms with Gasteiger partial charge in [-0.2, -0.15) is 0 Å². The lowest BCUT2D eigenvalue weighted by Crippen LogP contribution is -2.55. The highest BCUT2D eigenvalue weighted by Crippen LogP contribution is 2.18. The molecule has 1 fully saturated rings. The van der Waals surface area contributed by atoms with Crippen molar-refractivity contribution in [1.29, 1.82) is 0 Å². The third-order valence-electron chi connectivity index (χ3n) is 3.49. The maximum Gasteiger partial charge on any atom is 0.264 e. The first kappa shape index (κ1) is 18.9. The lowest BCUT2D eigenvalue weighted by Gasteiger charge is -2.35. The van der Waals surface area contributed by atoms with Gasteiger partial charge in [0.25, 0.3) is 5.91 Å². The fourth-order valence-corrected chi connectivity index (χ4v) is 3.16. The zero-order chi connectivity index (χ0) is 15.4. The quantitative estimate of drug-likeness (QED) is 0.871. The van der Waals surface area contributed by atoms with Crippen molar-refractivity contribution < 1.29 is 14.3 Å². The average molecular weight is 348 g/mol. The van der Waals surface area contributed by atoms with E-state index in [1.807, 2.05) is 19.1 Å². The first-order valence-corrected chi connectivity index (χ1v) is 7.73. The molecule has 1 saturated heterocycles. The number of aryl methyl sites for hydroxylation is 1. The van der Waals surface area contributed by atoms with Crippen LogP contribution in [0.3, 0.4) is 0 Å². The largest absolute Gasteiger partial charge is 0.383 e. The van der Waals surface area contributed by atoms with Gasteiger partial charge in [-0.05, 0) is 19.1 Å². The molecule has 0 saturated carbocycles. The fourth-order valence-electron chi connectivity index (χ4n) is 2.32. The molecule has 0 aliphatic carbocycles. The number of nitrogens with zero attached hydrogens (tertiary/aromatic N) is 2. The number of ether oxygens (including phenoxy) is 1. The van der Waals surface area contributed by atoms with E-state index in [1.165, 1.54) is 18.4 Å². The van der Waals surface area contributed by atoms with E-state index in [1.54, 1.807) is 9.80 Å². The maximum atomic E-state index is 12.3. The van der Waals surface area contributed by atoms with Gasteiger partial charge in [0.15, 0.2) is 0 Å². The molecule has 2 heterocycles. The molecule has 1 aromatic heterocycles. The summed E-state index contributed by atoms with van der Waals surface area (Å²) in [6.07, 6.45) is 0. The van der Waals surface area contributed by atoms with Gasteiger partial charge in [-0.3, -0.25) is 9.59 Å². The highest BCUT2D eigenvalue weighted by molar-refractivity contribution is 7.13. The molecule has 1 unspecified atom stereocenters. The van der Waals surface area contributed by atoms with Gasteiger partial charge in [0.1, 0.15) is 6.04 Å². The third kappa shape index (κ3) is 4.42. The minimum Gasteiger partial charge on any atom is -0.383 e. The molecule has 1 atom stereocenters. The number of carbonyl (C=O) groups is 2. The molecule has 2 N–H and O–H groups in total. The van der Waals surface area contributed by atoms with Crippen molar-refractivity contribution in [3.8, 4) is 0 Å². The minimum absolute atomic E-state index is 0. The molecule has 6 nitrogen and oxygen atoms in total. The highest BCUT2D eigenvalue weighted by atomic mass is 35.5. The van der Waals surface area contributed by atoms with Crippen molar-refractivity contribution in [1.82, 2.24) is 9.80 Å². The average Bonchev–Trinajstić information content (AvgIpc) is 2.92. The van der Waals surface area contributed by atoms with Crippen LogP contribution in [-0.4, -0.2) is 67.6 Å². The molecule has 124 valence electrons. The molecule has 0 radical (unpaired) electrons. The lowest BCUT2D eigenvalue weighted by atomic mass is 10.2. The third-order valence-corrected chi connectivity index (χ3v) is 4.48. The Balaban J connectivity index is 0.00000242. The fraction of sp³-hybridized carbons (Fsp3) is 0.571. The minimum atomic E-state index is -0.628. The molecule has 22 heavy (non-hydrogen) atoms. The van der Waals surface area contributed by atoms with E-state index >= 15 is 0 Å². The summed E-state index contributed by atoms with van der Waals surface area (Å²) < 4.78 is 4.90. The summed E-state index contributed by atoms with van der Waals surface area (Å²) in [5.74, 6) is -0.0719. The first-order chi connectivity index (χ1) is 10.0. The molecular formula is C14H22ClN3O3S. The second-order valence-corrected chi connectivity index (χ2v) is 6.38. The van der Waals surface area contributed by atoms with Gasteiger partial charge in [-0.1, -0.05) is 0 Å². The summed E-state index contributed by atoms with van der Waals surface area (Å²) >= 11 is 1.50. The predicted octanol–water partition coefficient (Wildman–Crippen LogP) is 0.736. The summed E-state index contributed by atoms with van der Waals surface area (Å²) in [4.78, 5) is 29.7. The van der Waals surface area contributed by atoms with E-state index in [9.17, 15) is 9.59 Å². The first-order valence-electron chi connectivity index (χ1n) is 6.92. The van der Waals surface area contributed by atoms with Gasteiger partial charge < -0.3 is 20.3 Å². The highest BCUT2D eigenvalue weighted by Gasteiger charge is 2.27. The zero-order valence-corrected chi connectivity index (χ0v) is 14.4. The van der Waals surface area contributed by atoms with Crippen LogP contribution in [0.25, 0.3) is 0 Å². The van der Waals surface area contributed by atoms with Crippen LogP contribution in [0, 0.1) is 6.92 Å². The van der Waals surface area contributed by atoms with Gasteiger partial charge in [0, 0.05) is 38.2 Å². The van der Waals surface area contributed by atoms with E-state index in [0.717, 1.165) is 9.75 Å². The van der Waals surface area contributed by atoms with Crippen LogP contribution in [0.5, 0.6) is 0 Å². The standard InChI is InChI=1S/C14H21N3O3S.ClH/c1-10-3-4-12(21-10)14(19)17-7-5-16(6-8-17)13(18)11(15)9-20-2;/h3-4,11H,5-9,15H2,1-2H3;1H. The Bertz CT molecular complexity index is 515.